The molecule has 0 aliphatic heterocycles. The number of rotatable bonds is 6. The molecule has 21 heavy (non-hydrogen) atoms. The molecule has 2 amide bonds. The number of halogens is 2. The highest BCUT2D eigenvalue weighted by Gasteiger charge is 2.16. The van der Waals surface area contributed by atoms with Gasteiger partial charge in [-0.3, -0.25) is 0 Å². The minimum absolute atomic E-state index is 0.0484. The van der Waals surface area contributed by atoms with Crippen molar-refractivity contribution in [3.63, 3.8) is 0 Å². The van der Waals surface area contributed by atoms with Gasteiger partial charge in [0.2, 0.25) is 0 Å². The van der Waals surface area contributed by atoms with Gasteiger partial charge in [-0.1, -0.05) is 23.2 Å². The van der Waals surface area contributed by atoms with E-state index in [1.807, 2.05) is 6.92 Å². The minimum atomic E-state index is -1.15. The highest BCUT2D eigenvalue weighted by atomic mass is 35.5. The summed E-state index contributed by atoms with van der Waals surface area (Å²) in [5, 5.41) is 11.6. The van der Waals surface area contributed by atoms with Gasteiger partial charge in [0.1, 0.15) is 0 Å². The van der Waals surface area contributed by atoms with Crippen LogP contribution < -0.4 is 5.32 Å². The zero-order valence-electron chi connectivity index (χ0n) is 11.7. The van der Waals surface area contributed by atoms with Gasteiger partial charge in [-0.2, -0.15) is 0 Å². The summed E-state index contributed by atoms with van der Waals surface area (Å²) in [6.07, 6.45) is 0. The van der Waals surface area contributed by atoms with Crippen LogP contribution in [0.2, 0.25) is 10.0 Å². The van der Waals surface area contributed by atoms with E-state index in [2.05, 4.69) is 5.32 Å². The van der Waals surface area contributed by atoms with Crippen molar-refractivity contribution in [3.8, 4) is 0 Å². The maximum Gasteiger partial charge on any atom is 0.335 e. The Bertz CT molecular complexity index is 514. The predicted molar refractivity (Wildman–Crippen MR) is 81.6 cm³/mol. The van der Waals surface area contributed by atoms with E-state index in [4.69, 9.17) is 33.0 Å². The fraction of sp³-hybridized carbons (Fsp3) is 0.385. The van der Waals surface area contributed by atoms with E-state index in [1.165, 1.54) is 17.0 Å². The van der Waals surface area contributed by atoms with Crippen LogP contribution in [0.3, 0.4) is 0 Å². The van der Waals surface area contributed by atoms with Gasteiger partial charge in [-0.05, 0) is 19.1 Å². The lowest BCUT2D eigenvalue weighted by Crippen LogP contribution is -2.34. The van der Waals surface area contributed by atoms with Crippen molar-refractivity contribution in [1.82, 2.24) is 4.90 Å². The molecule has 0 bridgehead atoms. The largest absolute Gasteiger partial charge is 0.478 e. The molecule has 2 N–H and O–H groups in total. The third kappa shape index (κ3) is 5.08. The number of ether oxygens (including phenoxy) is 1. The third-order valence-electron chi connectivity index (χ3n) is 2.64. The molecular weight excluding hydrogens is 319 g/mol. The third-order valence-corrected chi connectivity index (χ3v) is 3.24. The topological polar surface area (TPSA) is 78.9 Å². The second-order valence-corrected chi connectivity index (χ2v) is 4.98. The molecule has 0 saturated carbocycles. The number of urea groups is 1. The van der Waals surface area contributed by atoms with Gasteiger partial charge in [0.15, 0.2) is 0 Å². The second-order valence-electron chi connectivity index (χ2n) is 4.17. The lowest BCUT2D eigenvalue weighted by atomic mass is 10.2. The number of nitrogens with zero attached hydrogens (tertiary/aromatic N) is 1. The van der Waals surface area contributed by atoms with Crippen LogP contribution in [0.1, 0.15) is 17.3 Å². The quantitative estimate of drug-likeness (QED) is 0.783. The number of nitrogens with one attached hydrogen (secondary N) is 1. The molecule has 1 aromatic rings. The average Bonchev–Trinajstić information content (AvgIpc) is 2.42. The molecule has 0 atom stereocenters. The summed E-state index contributed by atoms with van der Waals surface area (Å²) in [5.41, 5.74) is 0.129. The van der Waals surface area contributed by atoms with Gasteiger partial charge in [-0.15, -0.1) is 0 Å². The fourth-order valence-electron chi connectivity index (χ4n) is 1.47. The molecule has 0 aromatic heterocycles. The molecule has 8 heteroatoms. The van der Waals surface area contributed by atoms with Crippen molar-refractivity contribution in [3.05, 3.63) is 27.7 Å². The number of carboxylic acid groups (broad SMARTS) is 1. The molecule has 1 rings (SSSR count). The van der Waals surface area contributed by atoms with Crippen LogP contribution in [0.5, 0.6) is 0 Å². The number of hydrogen-bond donors (Lipinski definition) is 2. The normalized spacial score (nSPS) is 10.3. The van der Waals surface area contributed by atoms with Crippen LogP contribution in [0, 0.1) is 0 Å². The van der Waals surface area contributed by atoms with Gasteiger partial charge in [-0.25, -0.2) is 9.59 Å². The Labute approximate surface area is 132 Å². The van der Waals surface area contributed by atoms with Crippen LogP contribution in [0.15, 0.2) is 12.1 Å². The monoisotopic (exact) mass is 334 g/mol. The molecular formula is C13H16Cl2N2O4. The molecule has 0 heterocycles. The molecule has 0 fully saturated rings. The number of aromatic carboxylic acids is 1. The van der Waals surface area contributed by atoms with E-state index in [1.54, 1.807) is 7.05 Å². The Morgan fingerprint density at radius 2 is 1.90 bits per heavy atom. The number of hydrogen-bond acceptors (Lipinski definition) is 3. The highest BCUT2D eigenvalue weighted by molar-refractivity contribution is 6.40. The van der Waals surface area contributed by atoms with Crippen LogP contribution in [0.25, 0.3) is 0 Å². The van der Waals surface area contributed by atoms with Crippen molar-refractivity contribution < 1.29 is 19.4 Å². The number of benzene rings is 1. The number of carbonyl (C=O) groups excluding carboxylic acids is 1. The Morgan fingerprint density at radius 1 is 1.33 bits per heavy atom. The lowest BCUT2D eigenvalue weighted by molar-refractivity contribution is 0.0697. The zero-order valence-corrected chi connectivity index (χ0v) is 13.2. The van der Waals surface area contributed by atoms with E-state index in [-0.39, 0.29) is 21.3 Å². The molecule has 0 radical (unpaired) electrons. The number of carbonyl (C=O) groups is 2. The van der Waals surface area contributed by atoms with Gasteiger partial charge in [0.25, 0.3) is 0 Å². The first-order valence-electron chi connectivity index (χ1n) is 6.19. The maximum atomic E-state index is 12.0. The highest BCUT2D eigenvalue weighted by Crippen LogP contribution is 2.32. The first-order valence-corrected chi connectivity index (χ1v) is 6.94. The summed E-state index contributed by atoms with van der Waals surface area (Å²) in [6.45, 7) is 3.26. The molecule has 6 nitrogen and oxygen atoms in total. The van der Waals surface area contributed by atoms with Crippen LogP contribution in [-0.2, 0) is 4.74 Å². The Kier molecular flexibility index (Phi) is 6.74. The summed E-state index contributed by atoms with van der Waals surface area (Å²) >= 11 is 11.9. The van der Waals surface area contributed by atoms with Crippen LogP contribution in [0.4, 0.5) is 10.5 Å². The van der Waals surface area contributed by atoms with E-state index in [0.29, 0.717) is 19.8 Å². The summed E-state index contributed by atoms with van der Waals surface area (Å²) in [6, 6.07) is 2.04. The molecule has 0 unspecified atom stereocenters. The van der Waals surface area contributed by atoms with Crippen molar-refractivity contribution in [2.75, 3.05) is 32.1 Å². The van der Waals surface area contributed by atoms with Crippen molar-refractivity contribution in [2.45, 2.75) is 6.92 Å². The minimum Gasteiger partial charge on any atom is -0.478 e. The first-order chi connectivity index (χ1) is 9.86. The fourth-order valence-corrected chi connectivity index (χ4v) is 2.05. The van der Waals surface area contributed by atoms with Gasteiger partial charge >= 0.3 is 12.0 Å². The number of anilines is 1. The van der Waals surface area contributed by atoms with Crippen LogP contribution in [-0.4, -0.2) is 48.8 Å². The van der Waals surface area contributed by atoms with Crippen LogP contribution >= 0.6 is 23.2 Å². The molecule has 0 aliphatic carbocycles. The molecule has 1 aromatic carbocycles. The number of likely N-dealkylation sites (N-methyl/N-ethyl adjacent to an activating group) is 1. The van der Waals surface area contributed by atoms with Gasteiger partial charge in [0.05, 0.1) is 27.9 Å². The molecule has 0 spiro atoms. The van der Waals surface area contributed by atoms with E-state index < -0.39 is 12.0 Å². The van der Waals surface area contributed by atoms with Crippen molar-refractivity contribution >= 4 is 40.9 Å². The molecule has 116 valence electrons. The Hall–Kier alpha value is -1.50. The Morgan fingerprint density at radius 3 is 2.38 bits per heavy atom. The number of carboxylic acids is 1. The van der Waals surface area contributed by atoms with Gasteiger partial charge in [0, 0.05) is 20.2 Å². The van der Waals surface area contributed by atoms with Crippen molar-refractivity contribution in [2.24, 2.45) is 0 Å². The van der Waals surface area contributed by atoms with E-state index >= 15 is 0 Å². The predicted octanol–water partition coefficient (Wildman–Crippen LogP) is 3.19. The maximum absolute atomic E-state index is 12.0. The molecule has 0 saturated heterocycles. The summed E-state index contributed by atoms with van der Waals surface area (Å²) in [5.74, 6) is -1.15. The van der Waals surface area contributed by atoms with E-state index in [0.717, 1.165) is 0 Å². The smallest absolute Gasteiger partial charge is 0.335 e. The van der Waals surface area contributed by atoms with Gasteiger partial charge < -0.3 is 20.1 Å². The first kappa shape index (κ1) is 17.6. The van der Waals surface area contributed by atoms with Crippen molar-refractivity contribution in [1.29, 1.82) is 0 Å². The average molecular weight is 335 g/mol. The number of amides is 2. The summed E-state index contributed by atoms with van der Waals surface area (Å²) < 4.78 is 5.16. The zero-order chi connectivity index (χ0) is 16.0. The lowest BCUT2D eigenvalue weighted by Gasteiger charge is -2.19. The Balaban J connectivity index is 2.78. The van der Waals surface area contributed by atoms with E-state index in [9.17, 15) is 9.59 Å². The standard InChI is InChI=1S/C13H16Cl2N2O4/c1-3-21-5-4-17(2)13(20)16-11-9(14)6-8(12(18)19)7-10(11)15/h6-7H,3-5H2,1-2H3,(H,16,20)(H,18,19). The molecule has 0 aliphatic rings. The summed E-state index contributed by atoms with van der Waals surface area (Å²) in [4.78, 5) is 24.2. The SMILES string of the molecule is CCOCCN(C)C(=O)Nc1c(Cl)cc(C(=O)O)cc1Cl. The summed E-state index contributed by atoms with van der Waals surface area (Å²) in [7, 11) is 1.60. The second kappa shape index (κ2) is 8.07.